The molecule has 51 heavy (non-hydrogen) atoms. The molecular formula is C39H51N3O7S2. The predicted octanol–water partition coefficient (Wildman–Crippen LogP) is 7.37. The van der Waals surface area contributed by atoms with Gasteiger partial charge in [0.15, 0.2) is 11.5 Å². The van der Waals surface area contributed by atoms with Crippen LogP contribution in [0.3, 0.4) is 0 Å². The predicted molar refractivity (Wildman–Crippen MR) is 209 cm³/mol. The van der Waals surface area contributed by atoms with Crippen LogP contribution in [0.5, 0.6) is 11.5 Å². The molecule has 0 aromatic heterocycles. The van der Waals surface area contributed by atoms with Gasteiger partial charge in [-0.15, -0.1) is 0 Å². The second-order valence-corrected chi connectivity index (χ2v) is 16.3. The number of hydrogen-bond donors (Lipinski definition) is 0. The minimum absolute atomic E-state index is 0.0117. The van der Waals surface area contributed by atoms with Gasteiger partial charge in [0.25, 0.3) is 5.91 Å². The molecular weight excluding hydrogens is 687 g/mol. The van der Waals surface area contributed by atoms with Crippen molar-refractivity contribution in [3.8, 4) is 11.5 Å². The first-order chi connectivity index (χ1) is 24.8. The molecule has 3 aromatic rings. The zero-order chi connectivity index (χ0) is 36.2. The van der Waals surface area contributed by atoms with Crippen molar-refractivity contribution in [3.05, 3.63) is 76.9 Å². The van der Waals surface area contributed by atoms with E-state index in [9.17, 15) is 4.79 Å². The summed E-state index contributed by atoms with van der Waals surface area (Å²) in [5.41, 5.74) is 6.23. The Bertz CT molecular complexity index is 1640. The highest BCUT2D eigenvalue weighted by Crippen LogP contribution is 2.41. The number of carbonyl (C=O) groups is 1. The van der Waals surface area contributed by atoms with Gasteiger partial charge in [0, 0.05) is 67.9 Å². The van der Waals surface area contributed by atoms with Crippen LogP contribution in [0, 0.1) is 0 Å². The second-order valence-electron chi connectivity index (χ2n) is 13.0. The topological polar surface area (TPSA) is 91.3 Å². The lowest BCUT2D eigenvalue weighted by Crippen LogP contribution is -2.38. The molecule has 2 heterocycles. The highest BCUT2D eigenvalue weighted by Gasteiger charge is 2.36. The second kappa shape index (κ2) is 19.0. The van der Waals surface area contributed by atoms with E-state index in [4.69, 9.17) is 33.4 Å². The highest BCUT2D eigenvalue weighted by molar-refractivity contribution is 8.77. The number of benzene rings is 3. The van der Waals surface area contributed by atoms with E-state index in [0.717, 1.165) is 46.8 Å². The van der Waals surface area contributed by atoms with Gasteiger partial charge in [0.05, 0.1) is 64.0 Å². The summed E-state index contributed by atoms with van der Waals surface area (Å²) in [5, 5.41) is 0. The third kappa shape index (κ3) is 10.4. The van der Waals surface area contributed by atoms with Crippen molar-refractivity contribution in [1.82, 2.24) is 0 Å². The van der Waals surface area contributed by atoms with Gasteiger partial charge >= 0.3 is 0 Å². The van der Waals surface area contributed by atoms with Crippen LogP contribution in [0.25, 0.3) is 0 Å². The molecule has 1 amide bonds. The number of hydrogen-bond acceptors (Lipinski definition) is 11. The smallest absolute Gasteiger partial charge is 0.261 e. The van der Waals surface area contributed by atoms with E-state index in [1.807, 2.05) is 57.0 Å². The van der Waals surface area contributed by atoms with Gasteiger partial charge in [-0.25, -0.2) is 0 Å². The van der Waals surface area contributed by atoms with E-state index in [-0.39, 0.29) is 23.3 Å². The van der Waals surface area contributed by atoms with Crippen LogP contribution in [-0.4, -0.2) is 96.1 Å². The Hall–Kier alpha value is -3.26. The number of carbonyl (C=O) groups excluding carboxylic acids is 1. The van der Waals surface area contributed by atoms with E-state index in [0.29, 0.717) is 68.9 Å². The fraction of sp³-hybridized carbons (Fsp3) is 0.487. The first-order valence-corrected chi connectivity index (χ1v) is 19.7. The van der Waals surface area contributed by atoms with Crippen molar-refractivity contribution in [2.45, 2.75) is 51.2 Å². The molecule has 10 nitrogen and oxygen atoms in total. The quantitative estimate of drug-likeness (QED) is 0.0816. The minimum Gasteiger partial charge on any atom is -0.493 e. The lowest BCUT2D eigenvalue weighted by molar-refractivity contribution is 0.0264. The number of nitrogens with zero attached hydrogens (tertiary/aromatic N) is 3. The Kier molecular flexibility index (Phi) is 14.5. The summed E-state index contributed by atoms with van der Waals surface area (Å²) in [5.74, 6) is 1.95. The number of para-hydroxylation sites is 1. The van der Waals surface area contributed by atoms with Crippen LogP contribution >= 0.6 is 21.6 Å². The summed E-state index contributed by atoms with van der Waals surface area (Å²) in [6.07, 6.45) is 2.60. The number of ether oxygens (including phenoxy) is 6. The maximum Gasteiger partial charge on any atom is 0.261 e. The van der Waals surface area contributed by atoms with Crippen LogP contribution in [-0.2, 0) is 38.6 Å². The van der Waals surface area contributed by atoms with Crippen molar-refractivity contribution in [2.75, 3.05) is 83.0 Å². The first kappa shape index (κ1) is 39.0. The number of amides is 1. The molecule has 0 saturated heterocycles. The fourth-order valence-electron chi connectivity index (χ4n) is 6.25. The number of methoxy groups -OCH3 is 3. The van der Waals surface area contributed by atoms with Crippen LogP contribution < -0.4 is 19.3 Å². The monoisotopic (exact) mass is 737 g/mol. The molecule has 0 aliphatic carbocycles. The Balaban J connectivity index is 1.35. The molecule has 2 aliphatic rings. The zero-order valence-electron chi connectivity index (χ0n) is 30.6. The number of aliphatic imine (C=N–C) groups is 1. The fourth-order valence-corrected chi connectivity index (χ4v) is 8.37. The molecule has 5 rings (SSSR count). The maximum absolute atomic E-state index is 13.9. The van der Waals surface area contributed by atoms with Crippen molar-refractivity contribution in [2.24, 2.45) is 4.99 Å². The maximum atomic E-state index is 13.9. The molecule has 3 aromatic carbocycles. The Morgan fingerprint density at radius 3 is 2.39 bits per heavy atom. The molecule has 0 saturated carbocycles. The molecule has 1 atom stereocenters. The Labute approximate surface area is 310 Å². The van der Waals surface area contributed by atoms with Gasteiger partial charge in [-0.2, -0.15) is 0 Å². The Morgan fingerprint density at radius 2 is 1.65 bits per heavy atom. The van der Waals surface area contributed by atoms with Crippen LogP contribution in [0.2, 0.25) is 0 Å². The summed E-state index contributed by atoms with van der Waals surface area (Å²) in [6, 6.07) is 17.9. The van der Waals surface area contributed by atoms with E-state index in [1.165, 1.54) is 0 Å². The van der Waals surface area contributed by atoms with E-state index >= 15 is 0 Å². The lowest BCUT2D eigenvalue weighted by Gasteiger charge is -2.34. The van der Waals surface area contributed by atoms with Gasteiger partial charge < -0.3 is 33.3 Å². The molecule has 0 fully saturated rings. The van der Waals surface area contributed by atoms with Crippen molar-refractivity contribution in [1.29, 1.82) is 0 Å². The number of rotatable bonds is 21. The van der Waals surface area contributed by atoms with Gasteiger partial charge in [0.2, 0.25) is 0 Å². The summed E-state index contributed by atoms with van der Waals surface area (Å²) in [4.78, 5) is 22.9. The van der Waals surface area contributed by atoms with Crippen molar-refractivity contribution < 1.29 is 33.2 Å². The Morgan fingerprint density at radius 1 is 0.902 bits per heavy atom. The molecule has 2 aliphatic heterocycles. The van der Waals surface area contributed by atoms with Crippen molar-refractivity contribution >= 4 is 50.8 Å². The van der Waals surface area contributed by atoms with Crippen LogP contribution in [0.15, 0.2) is 59.6 Å². The normalized spacial score (nSPS) is 15.0. The number of anilines is 2. The summed E-state index contributed by atoms with van der Waals surface area (Å²) in [6.45, 7) is 11.8. The molecule has 0 bridgehead atoms. The molecule has 0 N–H and O–H groups in total. The third-order valence-electron chi connectivity index (χ3n) is 8.52. The van der Waals surface area contributed by atoms with Gasteiger partial charge in [-0.05, 0) is 60.9 Å². The number of fused-ring (bicyclic) bond motifs is 4. The highest BCUT2D eigenvalue weighted by atomic mass is 33.1. The van der Waals surface area contributed by atoms with E-state index in [2.05, 4.69) is 49.9 Å². The molecule has 12 heteroatoms. The van der Waals surface area contributed by atoms with E-state index in [1.54, 1.807) is 27.4 Å². The van der Waals surface area contributed by atoms with E-state index < -0.39 is 0 Å². The molecule has 0 unspecified atom stereocenters. The first-order valence-electron chi connectivity index (χ1n) is 17.4. The largest absolute Gasteiger partial charge is 0.493 e. The lowest BCUT2D eigenvalue weighted by atomic mass is 10.1. The molecule has 0 spiro atoms. The van der Waals surface area contributed by atoms with Crippen LogP contribution in [0.4, 0.5) is 17.1 Å². The third-order valence-corrected chi connectivity index (χ3v) is 11.9. The van der Waals surface area contributed by atoms with Gasteiger partial charge in [0.1, 0.15) is 6.61 Å². The standard InChI is InChI=1S/C39H51N3O7S2/c1-7-50-51-39(2,3)27-41(12-13-47-16-17-48-15-14-44-4)31-19-28(25-45-5)18-29(20-31)26-49-37-23-34-33(22-36(37)46-6)38(43)42-32(24-40-34)21-30-10-8-9-11-35(30)42/h8-11,18-20,22-24,32H,7,12-17,21,25-27H2,1-6H3/t32-/m0/s1. The minimum atomic E-state index is -0.133. The summed E-state index contributed by atoms with van der Waals surface area (Å²) < 4.78 is 34.4. The molecule has 0 radical (unpaired) electrons. The average Bonchev–Trinajstić information content (AvgIpc) is 3.44. The summed E-state index contributed by atoms with van der Waals surface area (Å²) >= 11 is 0. The zero-order valence-corrected chi connectivity index (χ0v) is 32.3. The summed E-state index contributed by atoms with van der Waals surface area (Å²) in [7, 11) is 8.74. The SMILES string of the molecule is CCSSC(C)(C)CN(CCOCCOCCOC)c1cc(COC)cc(COc2cc3c(cc2OC)C(=O)N2c4ccccc4C[C@H]2C=N3)c1. The average molecular weight is 738 g/mol. The van der Waals surface area contributed by atoms with Crippen molar-refractivity contribution in [3.63, 3.8) is 0 Å². The van der Waals surface area contributed by atoms with Gasteiger partial charge in [-0.1, -0.05) is 46.7 Å². The molecule has 276 valence electrons. The van der Waals surface area contributed by atoms with Gasteiger partial charge in [-0.3, -0.25) is 14.7 Å². The van der Waals surface area contributed by atoms with Crippen LogP contribution in [0.1, 0.15) is 47.8 Å².